The summed E-state index contributed by atoms with van der Waals surface area (Å²) in [6, 6.07) is 5.81. The number of fused-ring (bicyclic) bond motifs is 3. The Balaban J connectivity index is 2.76. The molecule has 2 heterocycles. The molecule has 16 heavy (non-hydrogen) atoms. The number of aromatic nitrogens is 3. The van der Waals surface area contributed by atoms with Crippen molar-refractivity contribution in [1.29, 1.82) is 0 Å². The van der Waals surface area contributed by atoms with Crippen LogP contribution in [-0.2, 0) is 0 Å². The highest BCUT2D eigenvalue weighted by molar-refractivity contribution is 9.11. The molecule has 0 unspecified atom stereocenters. The molecule has 1 aromatic carbocycles. The van der Waals surface area contributed by atoms with E-state index >= 15 is 0 Å². The number of nitrogens with one attached hydrogen (secondary N) is 1. The molecule has 0 saturated carbocycles. The summed E-state index contributed by atoms with van der Waals surface area (Å²) in [5, 5.41) is 7.19. The summed E-state index contributed by atoms with van der Waals surface area (Å²) in [6.07, 6.45) is 1.59. The molecule has 4 nitrogen and oxygen atoms in total. The third-order valence-corrected chi connectivity index (χ3v) is 3.91. The summed E-state index contributed by atoms with van der Waals surface area (Å²) in [5.41, 5.74) is 1.30. The van der Waals surface area contributed by atoms with Gasteiger partial charge < -0.3 is 0 Å². The van der Waals surface area contributed by atoms with Crippen LogP contribution in [0.2, 0.25) is 0 Å². The maximum absolute atomic E-state index is 11.7. The summed E-state index contributed by atoms with van der Waals surface area (Å²) in [7, 11) is 0. The van der Waals surface area contributed by atoms with Gasteiger partial charge in [-0.2, -0.15) is 5.10 Å². The molecule has 3 rings (SSSR count). The van der Waals surface area contributed by atoms with Crippen molar-refractivity contribution in [2.45, 2.75) is 0 Å². The van der Waals surface area contributed by atoms with Gasteiger partial charge in [-0.1, -0.05) is 22.0 Å². The van der Waals surface area contributed by atoms with E-state index in [1.54, 1.807) is 10.7 Å². The molecule has 0 aliphatic carbocycles. The van der Waals surface area contributed by atoms with E-state index in [9.17, 15) is 4.79 Å². The zero-order chi connectivity index (χ0) is 11.3. The fraction of sp³-hybridized carbons (Fsp3) is 0. The lowest BCUT2D eigenvalue weighted by Crippen LogP contribution is -2.10. The quantitative estimate of drug-likeness (QED) is 0.683. The van der Waals surface area contributed by atoms with Crippen molar-refractivity contribution in [3.63, 3.8) is 0 Å². The Morgan fingerprint density at radius 3 is 2.94 bits per heavy atom. The topological polar surface area (TPSA) is 50.2 Å². The number of rotatable bonds is 0. The van der Waals surface area contributed by atoms with Gasteiger partial charge in [0.2, 0.25) is 0 Å². The molecule has 0 aliphatic heterocycles. The van der Waals surface area contributed by atoms with Crippen LogP contribution >= 0.6 is 31.9 Å². The number of H-pyrrole nitrogens is 1. The van der Waals surface area contributed by atoms with Gasteiger partial charge in [0.15, 0.2) is 0 Å². The van der Waals surface area contributed by atoms with Crippen LogP contribution in [-0.4, -0.2) is 14.6 Å². The third kappa shape index (κ3) is 1.20. The van der Waals surface area contributed by atoms with E-state index in [2.05, 4.69) is 42.1 Å². The normalized spacial score (nSPS) is 11.4. The number of aromatic amines is 1. The molecule has 3 aromatic rings. The first kappa shape index (κ1) is 10.0. The van der Waals surface area contributed by atoms with Crippen molar-refractivity contribution >= 4 is 48.3 Å². The molecule has 0 bridgehead atoms. The van der Waals surface area contributed by atoms with Gasteiger partial charge in [-0.3, -0.25) is 9.20 Å². The lowest BCUT2D eigenvalue weighted by molar-refractivity contribution is 0.930. The predicted molar refractivity (Wildman–Crippen MR) is 68.7 cm³/mol. The minimum Gasteiger partial charge on any atom is -0.293 e. The number of hydrogen-bond donors (Lipinski definition) is 1. The molecule has 0 aliphatic rings. The Bertz CT molecular complexity index is 760. The molecule has 1 N–H and O–H groups in total. The van der Waals surface area contributed by atoms with Crippen LogP contribution < -0.4 is 5.56 Å². The molecule has 0 amide bonds. The van der Waals surface area contributed by atoms with Crippen molar-refractivity contribution in [3.8, 4) is 0 Å². The van der Waals surface area contributed by atoms with Crippen molar-refractivity contribution in [2.24, 2.45) is 0 Å². The summed E-state index contributed by atoms with van der Waals surface area (Å²) < 4.78 is 3.49. The minimum absolute atomic E-state index is 0.211. The second kappa shape index (κ2) is 3.43. The second-order valence-corrected chi connectivity index (χ2v) is 5.00. The van der Waals surface area contributed by atoms with E-state index in [1.165, 1.54) is 0 Å². The molecule has 0 radical (unpaired) electrons. The van der Waals surface area contributed by atoms with E-state index in [0.717, 1.165) is 19.8 Å². The van der Waals surface area contributed by atoms with E-state index in [4.69, 9.17) is 0 Å². The van der Waals surface area contributed by atoms with Crippen LogP contribution in [0.4, 0.5) is 0 Å². The monoisotopic (exact) mass is 341 g/mol. The molecule has 0 atom stereocenters. The van der Waals surface area contributed by atoms with Gasteiger partial charge in [0.05, 0.1) is 9.99 Å². The van der Waals surface area contributed by atoms with E-state index in [0.29, 0.717) is 5.52 Å². The molecular weight excluding hydrogens is 338 g/mol. The first-order valence-electron chi connectivity index (χ1n) is 4.51. The second-order valence-electron chi connectivity index (χ2n) is 3.35. The summed E-state index contributed by atoms with van der Waals surface area (Å²) >= 11 is 6.93. The van der Waals surface area contributed by atoms with Crippen LogP contribution in [0.15, 0.2) is 38.3 Å². The SMILES string of the molecule is O=c1[nH]ncn2c1c(Br)c1c(Br)cccc12. The zero-order valence-electron chi connectivity index (χ0n) is 7.87. The van der Waals surface area contributed by atoms with Crippen LogP contribution in [0.3, 0.4) is 0 Å². The van der Waals surface area contributed by atoms with Crippen LogP contribution in [0, 0.1) is 0 Å². The number of nitrogens with zero attached hydrogens (tertiary/aromatic N) is 2. The Labute approximate surface area is 107 Å². The van der Waals surface area contributed by atoms with Gasteiger partial charge in [0, 0.05) is 9.86 Å². The third-order valence-electron chi connectivity index (χ3n) is 2.47. The van der Waals surface area contributed by atoms with E-state index in [-0.39, 0.29) is 5.56 Å². The number of benzene rings is 1. The smallest absolute Gasteiger partial charge is 0.289 e. The number of hydrogen-bond acceptors (Lipinski definition) is 2. The van der Waals surface area contributed by atoms with Crippen molar-refractivity contribution < 1.29 is 0 Å². The lowest BCUT2D eigenvalue weighted by atomic mass is 10.2. The fourth-order valence-electron chi connectivity index (χ4n) is 1.80. The standard InChI is InChI=1S/C10H5Br2N3O/c11-5-2-1-3-6-7(5)8(12)9-10(16)14-13-4-15(6)9/h1-4H,(H,14,16). The first-order chi connectivity index (χ1) is 7.70. The maximum Gasteiger partial charge on any atom is 0.289 e. The predicted octanol–water partition coefficient (Wildman–Crippen LogP) is 2.70. The van der Waals surface area contributed by atoms with Gasteiger partial charge in [0.25, 0.3) is 5.56 Å². The van der Waals surface area contributed by atoms with Gasteiger partial charge in [0.1, 0.15) is 11.8 Å². The lowest BCUT2D eigenvalue weighted by Gasteiger charge is -1.95. The van der Waals surface area contributed by atoms with E-state index in [1.807, 2.05) is 18.2 Å². The van der Waals surface area contributed by atoms with Crippen molar-refractivity contribution in [1.82, 2.24) is 14.6 Å². The average Bonchev–Trinajstić information content (AvgIpc) is 2.56. The highest BCUT2D eigenvalue weighted by Gasteiger charge is 2.14. The average molecular weight is 343 g/mol. The molecule has 0 saturated heterocycles. The highest BCUT2D eigenvalue weighted by Crippen LogP contribution is 2.34. The van der Waals surface area contributed by atoms with Gasteiger partial charge in [-0.15, -0.1) is 0 Å². The minimum atomic E-state index is -0.211. The highest BCUT2D eigenvalue weighted by atomic mass is 79.9. The Morgan fingerprint density at radius 1 is 1.31 bits per heavy atom. The van der Waals surface area contributed by atoms with Gasteiger partial charge in [-0.25, -0.2) is 5.10 Å². The summed E-state index contributed by atoms with van der Waals surface area (Å²) in [6.45, 7) is 0. The van der Waals surface area contributed by atoms with Gasteiger partial charge >= 0.3 is 0 Å². The Morgan fingerprint density at radius 2 is 2.12 bits per heavy atom. The fourth-order valence-corrected chi connectivity index (χ4v) is 3.41. The van der Waals surface area contributed by atoms with Crippen LogP contribution in [0.5, 0.6) is 0 Å². The molecule has 80 valence electrons. The Kier molecular flexibility index (Phi) is 2.15. The van der Waals surface area contributed by atoms with Crippen LogP contribution in [0.25, 0.3) is 16.4 Å². The molecule has 0 fully saturated rings. The van der Waals surface area contributed by atoms with Crippen molar-refractivity contribution in [3.05, 3.63) is 43.8 Å². The zero-order valence-corrected chi connectivity index (χ0v) is 11.0. The summed E-state index contributed by atoms with van der Waals surface area (Å²) in [5.74, 6) is 0. The molecule has 0 spiro atoms. The molecular formula is C10H5Br2N3O. The van der Waals surface area contributed by atoms with E-state index < -0.39 is 0 Å². The number of halogens is 2. The van der Waals surface area contributed by atoms with Crippen LogP contribution in [0.1, 0.15) is 0 Å². The summed E-state index contributed by atoms with van der Waals surface area (Å²) in [4.78, 5) is 11.7. The van der Waals surface area contributed by atoms with Crippen molar-refractivity contribution in [2.75, 3.05) is 0 Å². The molecule has 2 aromatic heterocycles. The maximum atomic E-state index is 11.7. The molecule has 6 heteroatoms. The first-order valence-corrected chi connectivity index (χ1v) is 6.10. The Hall–Kier alpha value is -1.14. The van der Waals surface area contributed by atoms with Gasteiger partial charge in [-0.05, 0) is 28.1 Å². The largest absolute Gasteiger partial charge is 0.293 e.